The summed E-state index contributed by atoms with van der Waals surface area (Å²) in [5, 5.41) is 6.47. The molecule has 0 spiro atoms. The van der Waals surface area contributed by atoms with E-state index in [1.807, 2.05) is 24.3 Å². The number of aromatic nitrogens is 2. The number of anilines is 1. The van der Waals surface area contributed by atoms with Gasteiger partial charge < -0.3 is 10.2 Å². The molecule has 0 unspecified atom stereocenters. The third kappa shape index (κ3) is 4.42. The number of nitrogens with one attached hydrogen (secondary N) is 1. The van der Waals surface area contributed by atoms with E-state index in [1.54, 1.807) is 31.2 Å². The Bertz CT molecular complexity index is 1070. The molecule has 162 valence electrons. The standard InChI is InChI=1S/C23H23F3N4O/c1-16-6-2-3-7-20(16)30-21(23(24,25)26)19(15-28-30)22(31)27-14-17-8-10-18(11-9-17)29-12-4-5-13-29/h2-3,6-11,15H,4-5,12-14H2,1H3,(H,27,31). The van der Waals surface area contributed by atoms with Crippen LogP contribution in [0, 0.1) is 6.92 Å². The Kier molecular flexibility index (Phi) is 5.71. The zero-order chi connectivity index (χ0) is 22.0. The van der Waals surface area contributed by atoms with Crippen LogP contribution in [0.2, 0.25) is 0 Å². The topological polar surface area (TPSA) is 50.2 Å². The summed E-state index contributed by atoms with van der Waals surface area (Å²) in [5.41, 5.74) is 1.27. The van der Waals surface area contributed by atoms with Crippen molar-refractivity contribution >= 4 is 11.6 Å². The first kappa shape index (κ1) is 21.0. The molecule has 2 heterocycles. The number of rotatable bonds is 5. The number of amides is 1. The monoisotopic (exact) mass is 428 g/mol. The lowest BCUT2D eigenvalue weighted by Crippen LogP contribution is -2.26. The lowest BCUT2D eigenvalue weighted by molar-refractivity contribution is -0.143. The van der Waals surface area contributed by atoms with Gasteiger partial charge >= 0.3 is 6.18 Å². The van der Waals surface area contributed by atoms with E-state index >= 15 is 0 Å². The predicted molar refractivity (Wildman–Crippen MR) is 112 cm³/mol. The number of carbonyl (C=O) groups is 1. The van der Waals surface area contributed by atoms with Crippen LogP contribution in [0.4, 0.5) is 18.9 Å². The maximum absolute atomic E-state index is 13.8. The summed E-state index contributed by atoms with van der Waals surface area (Å²) in [6.45, 7) is 3.89. The average Bonchev–Trinajstić information content (AvgIpc) is 3.43. The van der Waals surface area contributed by atoms with Gasteiger partial charge in [0.25, 0.3) is 5.91 Å². The van der Waals surface area contributed by atoms with Crippen LogP contribution in [-0.4, -0.2) is 28.8 Å². The largest absolute Gasteiger partial charge is 0.434 e. The van der Waals surface area contributed by atoms with Crippen LogP contribution in [0.1, 0.15) is 40.0 Å². The minimum Gasteiger partial charge on any atom is -0.372 e. The minimum absolute atomic E-state index is 0.131. The molecule has 0 atom stereocenters. The molecule has 31 heavy (non-hydrogen) atoms. The van der Waals surface area contributed by atoms with E-state index in [-0.39, 0.29) is 12.2 Å². The molecule has 0 aliphatic carbocycles. The molecule has 0 radical (unpaired) electrons. The van der Waals surface area contributed by atoms with Gasteiger partial charge in [0.1, 0.15) is 0 Å². The number of hydrogen-bond donors (Lipinski definition) is 1. The fourth-order valence-corrected chi connectivity index (χ4v) is 3.85. The van der Waals surface area contributed by atoms with Crippen molar-refractivity contribution in [2.24, 2.45) is 0 Å². The van der Waals surface area contributed by atoms with Crippen LogP contribution in [0.5, 0.6) is 0 Å². The molecule has 3 aromatic rings. The van der Waals surface area contributed by atoms with Crippen LogP contribution in [-0.2, 0) is 12.7 Å². The lowest BCUT2D eigenvalue weighted by Gasteiger charge is -2.17. The zero-order valence-electron chi connectivity index (χ0n) is 17.1. The van der Waals surface area contributed by atoms with Crippen molar-refractivity contribution in [1.82, 2.24) is 15.1 Å². The highest BCUT2D eigenvalue weighted by Crippen LogP contribution is 2.34. The fraction of sp³-hybridized carbons (Fsp3) is 0.304. The SMILES string of the molecule is Cc1ccccc1-n1ncc(C(=O)NCc2ccc(N3CCCC3)cc2)c1C(F)(F)F. The van der Waals surface area contributed by atoms with Crippen molar-refractivity contribution in [3.05, 3.63) is 77.1 Å². The molecule has 1 aliphatic rings. The molecule has 1 aliphatic heterocycles. The van der Waals surface area contributed by atoms with E-state index in [1.165, 1.54) is 12.8 Å². The highest BCUT2D eigenvalue weighted by molar-refractivity contribution is 5.95. The van der Waals surface area contributed by atoms with E-state index in [4.69, 9.17) is 0 Å². The maximum atomic E-state index is 13.8. The maximum Gasteiger partial charge on any atom is 0.434 e. The number of alkyl halides is 3. The first-order valence-electron chi connectivity index (χ1n) is 10.2. The first-order valence-corrected chi connectivity index (χ1v) is 10.2. The molecule has 1 N–H and O–H groups in total. The van der Waals surface area contributed by atoms with Crippen molar-refractivity contribution in [3.8, 4) is 5.69 Å². The second-order valence-electron chi connectivity index (χ2n) is 7.65. The van der Waals surface area contributed by atoms with Gasteiger partial charge in [-0.15, -0.1) is 0 Å². The van der Waals surface area contributed by atoms with Gasteiger partial charge in [-0.1, -0.05) is 30.3 Å². The van der Waals surface area contributed by atoms with Crippen LogP contribution in [0.15, 0.2) is 54.7 Å². The number of halogens is 3. The molecule has 2 aromatic carbocycles. The smallest absolute Gasteiger partial charge is 0.372 e. The summed E-state index contributed by atoms with van der Waals surface area (Å²) in [7, 11) is 0. The molecular weight excluding hydrogens is 405 g/mol. The van der Waals surface area contributed by atoms with Gasteiger partial charge in [-0.25, -0.2) is 4.68 Å². The Morgan fingerprint density at radius 3 is 2.39 bits per heavy atom. The Balaban J connectivity index is 1.53. The number of benzene rings is 2. The Morgan fingerprint density at radius 2 is 1.74 bits per heavy atom. The van der Waals surface area contributed by atoms with E-state index in [0.717, 1.165) is 35.2 Å². The van der Waals surface area contributed by atoms with E-state index in [0.29, 0.717) is 5.56 Å². The van der Waals surface area contributed by atoms with Crippen LogP contribution < -0.4 is 10.2 Å². The molecule has 8 heteroatoms. The zero-order valence-corrected chi connectivity index (χ0v) is 17.1. The van der Waals surface area contributed by atoms with Crippen molar-refractivity contribution < 1.29 is 18.0 Å². The number of hydrogen-bond acceptors (Lipinski definition) is 3. The molecule has 4 rings (SSSR count). The second kappa shape index (κ2) is 8.45. The Hall–Kier alpha value is -3.29. The van der Waals surface area contributed by atoms with E-state index < -0.39 is 23.3 Å². The molecule has 1 saturated heterocycles. The highest BCUT2D eigenvalue weighted by Gasteiger charge is 2.40. The van der Waals surface area contributed by atoms with Crippen molar-refractivity contribution in [3.63, 3.8) is 0 Å². The van der Waals surface area contributed by atoms with Crippen LogP contribution in [0.25, 0.3) is 5.69 Å². The Labute approximate surface area is 178 Å². The molecule has 0 saturated carbocycles. The molecule has 1 fully saturated rings. The van der Waals surface area contributed by atoms with Gasteiger partial charge in [-0.3, -0.25) is 4.79 Å². The normalized spacial score (nSPS) is 14.1. The predicted octanol–water partition coefficient (Wildman–Crippen LogP) is 4.73. The third-order valence-corrected chi connectivity index (χ3v) is 5.49. The van der Waals surface area contributed by atoms with Crippen LogP contribution in [0.3, 0.4) is 0 Å². The van der Waals surface area contributed by atoms with Gasteiger partial charge in [0.05, 0.1) is 17.4 Å². The molecule has 5 nitrogen and oxygen atoms in total. The molecule has 1 aromatic heterocycles. The summed E-state index contributed by atoms with van der Waals surface area (Å²) < 4.78 is 42.3. The number of aryl methyl sites for hydroxylation is 1. The number of carbonyl (C=O) groups excluding carboxylic acids is 1. The fourth-order valence-electron chi connectivity index (χ4n) is 3.85. The van der Waals surface area contributed by atoms with Gasteiger partial charge in [0, 0.05) is 25.3 Å². The Morgan fingerprint density at radius 1 is 1.06 bits per heavy atom. The first-order chi connectivity index (χ1) is 14.8. The van der Waals surface area contributed by atoms with E-state index in [2.05, 4.69) is 15.3 Å². The molecule has 1 amide bonds. The van der Waals surface area contributed by atoms with Crippen molar-refractivity contribution in [2.75, 3.05) is 18.0 Å². The summed E-state index contributed by atoms with van der Waals surface area (Å²) in [6, 6.07) is 14.3. The average molecular weight is 428 g/mol. The molecular formula is C23H23F3N4O. The number of nitrogens with zero attached hydrogens (tertiary/aromatic N) is 3. The third-order valence-electron chi connectivity index (χ3n) is 5.49. The quantitative estimate of drug-likeness (QED) is 0.639. The minimum atomic E-state index is -4.73. The van der Waals surface area contributed by atoms with Gasteiger partial charge in [-0.2, -0.15) is 18.3 Å². The van der Waals surface area contributed by atoms with Crippen LogP contribution >= 0.6 is 0 Å². The van der Waals surface area contributed by atoms with Crippen molar-refractivity contribution in [2.45, 2.75) is 32.5 Å². The second-order valence-corrected chi connectivity index (χ2v) is 7.65. The van der Waals surface area contributed by atoms with Crippen molar-refractivity contribution in [1.29, 1.82) is 0 Å². The van der Waals surface area contributed by atoms with Gasteiger partial charge in [-0.05, 0) is 49.1 Å². The summed E-state index contributed by atoms with van der Waals surface area (Å²) in [4.78, 5) is 14.9. The summed E-state index contributed by atoms with van der Waals surface area (Å²) in [5.74, 6) is -0.809. The summed E-state index contributed by atoms with van der Waals surface area (Å²) in [6.07, 6.45) is -1.41. The lowest BCUT2D eigenvalue weighted by atomic mass is 10.1. The number of para-hydroxylation sites is 1. The molecule has 0 bridgehead atoms. The van der Waals surface area contributed by atoms with E-state index in [9.17, 15) is 18.0 Å². The summed E-state index contributed by atoms with van der Waals surface area (Å²) >= 11 is 0. The van der Waals surface area contributed by atoms with Gasteiger partial charge in [0.15, 0.2) is 5.69 Å². The highest BCUT2D eigenvalue weighted by atomic mass is 19.4. The van der Waals surface area contributed by atoms with Gasteiger partial charge in [0.2, 0.25) is 0 Å².